The lowest BCUT2D eigenvalue weighted by atomic mass is 10.1. The number of carbonyl (C=O) groups excluding carboxylic acids is 2. The van der Waals surface area contributed by atoms with Crippen LogP contribution in [0, 0.1) is 5.92 Å². The van der Waals surface area contributed by atoms with Crippen molar-refractivity contribution in [3.63, 3.8) is 0 Å². The number of nitrogens with zero attached hydrogens (tertiary/aromatic N) is 2. The van der Waals surface area contributed by atoms with Crippen molar-refractivity contribution in [2.45, 2.75) is 32.6 Å². The molecule has 1 heterocycles. The lowest BCUT2D eigenvalue weighted by Gasteiger charge is -2.19. The van der Waals surface area contributed by atoms with Crippen LogP contribution >= 0.6 is 0 Å². The first kappa shape index (κ1) is 17.3. The molecular formula is C18H27N3O2. The van der Waals surface area contributed by atoms with Gasteiger partial charge in [0.15, 0.2) is 0 Å². The molecule has 23 heavy (non-hydrogen) atoms. The van der Waals surface area contributed by atoms with Crippen molar-refractivity contribution in [3.8, 4) is 0 Å². The Hall–Kier alpha value is -2.04. The first-order chi connectivity index (χ1) is 11.0. The molecule has 0 aliphatic carbocycles. The topological polar surface area (TPSA) is 52.7 Å². The number of nitrogens with one attached hydrogen (secondary N) is 1. The molecule has 1 aromatic carbocycles. The van der Waals surface area contributed by atoms with Gasteiger partial charge in [0.2, 0.25) is 11.8 Å². The second kappa shape index (κ2) is 7.99. The van der Waals surface area contributed by atoms with E-state index in [1.54, 1.807) is 4.90 Å². The van der Waals surface area contributed by atoms with Gasteiger partial charge in [-0.3, -0.25) is 9.59 Å². The standard InChI is InChI=1S/C18H27N3O2/c1-4-5-6-11-19-18(23)14-12-17(22)21(13-14)16-9-7-15(8-10-16)20(2)3/h7-10,14H,4-6,11-13H2,1-3H3,(H,19,23). The molecule has 1 unspecified atom stereocenters. The third kappa shape index (κ3) is 4.47. The molecule has 1 aliphatic rings. The van der Waals surface area contributed by atoms with Crippen molar-refractivity contribution in [3.05, 3.63) is 24.3 Å². The summed E-state index contributed by atoms with van der Waals surface area (Å²) in [4.78, 5) is 28.1. The number of benzene rings is 1. The van der Waals surface area contributed by atoms with Crippen molar-refractivity contribution in [2.24, 2.45) is 5.92 Å². The highest BCUT2D eigenvalue weighted by Gasteiger charge is 2.34. The number of rotatable bonds is 7. The quantitative estimate of drug-likeness (QED) is 0.786. The van der Waals surface area contributed by atoms with E-state index in [1.165, 1.54) is 0 Å². The zero-order chi connectivity index (χ0) is 16.8. The second-order valence-electron chi connectivity index (χ2n) is 6.31. The SMILES string of the molecule is CCCCCNC(=O)C1CC(=O)N(c2ccc(N(C)C)cc2)C1. The Bertz CT molecular complexity index is 540. The molecule has 126 valence electrons. The van der Waals surface area contributed by atoms with E-state index >= 15 is 0 Å². The number of unbranched alkanes of at least 4 members (excludes halogenated alkanes) is 2. The maximum Gasteiger partial charge on any atom is 0.227 e. The summed E-state index contributed by atoms with van der Waals surface area (Å²) in [6, 6.07) is 7.85. The normalized spacial score (nSPS) is 17.4. The van der Waals surface area contributed by atoms with Crippen LogP contribution in [0.3, 0.4) is 0 Å². The average molecular weight is 317 g/mol. The summed E-state index contributed by atoms with van der Waals surface area (Å²) in [5.41, 5.74) is 1.95. The Morgan fingerprint density at radius 3 is 2.57 bits per heavy atom. The molecule has 1 fully saturated rings. The van der Waals surface area contributed by atoms with E-state index in [4.69, 9.17) is 0 Å². The predicted molar refractivity (Wildman–Crippen MR) is 93.8 cm³/mol. The van der Waals surface area contributed by atoms with Crippen LogP contribution in [0.5, 0.6) is 0 Å². The van der Waals surface area contributed by atoms with E-state index in [9.17, 15) is 9.59 Å². The van der Waals surface area contributed by atoms with Crippen molar-refractivity contribution in [1.82, 2.24) is 5.32 Å². The monoisotopic (exact) mass is 317 g/mol. The highest BCUT2D eigenvalue weighted by atomic mass is 16.2. The molecule has 1 N–H and O–H groups in total. The van der Waals surface area contributed by atoms with Crippen molar-refractivity contribution >= 4 is 23.2 Å². The molecule has 2 rings (SSSR count). The highest BCUT2D eigenvalue weighted by molar-refractivity contribution is 6.00. The molecule has 1 saturated heterocycles. The van der Waals surface area contributed by atoms with Crippen LogP contribution in [-0.4, -0.2) is 39.0 Å². The maximum absolute atomic E-state index is 12.2. The predicted octanol–water partition coefficient (Wildman–Crippen LogP) is 2.41. The van der Waals surface area contributed by atoms with Gasteiger partial charge in [-0.05, 0) is 30.7 Å². The summed E-state index contributed by atoms with van der Waals surface area (Å²) in [5, 5.41) is 2.95. The van der Waals surface area contributed by atoms with Crippen molar-refractivity contribution in [2.75, 3.05) is 37.0 Å². The second-order valence-corrected chi connectivity index (χ2v) is 6.31. The van der Waals surface area contributed by atoms with E-state index < -0.39 is 0 Å². The van der Waals surface area contributed by atoms with Crippen LogP contribution in [0.25, 0.3) is 0 Å². The summed E-state index contributed by atoms with van der Waals surface area (Å²) in [5.74, 6) is -0.212. The van der Waals surface area contributed by atoms with Gasteiger partial charge in [-0.25, -0.2) is 0 Å². The zero-order valence-electron chi connectivity index (χ0n) is 14.3. The van der Waals surface area contributed by atoms with Gasteiger partial charge in [-0.2, -0.15) is 0 Å². The van der Waals surface area contributed by atoms with Crippen LogP contribution in [-0.2, 0) is 9.59 Å². The molecule has 0 spiro atoms. The molecule has 2 amide bonds. The van der Waals surface area contributed by atoms with E-state index in [0.717, 1.165) is 30.6 Å². The molecule has 1 aromatic rings. The first-order valence-corrected chi connectivity index (χ1v) is 8.38. The summed E-state index contributed by atoms with van der Waals surface area (Å²) in [7, 11) is 3.96. The lowest BCUT2D eigenvalue weighted by Crippen LogP contribution is -2.33. The van der Waals surface area contributed by atoms with Gasteiger partial charge >= 0.3 is 0 Å². The Kier molecular flexibility index (Phi) is 6.02. The molecule has 0 bridgehead atoms. The summed E-state index contributed by atoms with van der Waals surface area (Å²) < 4.78 is 0. The largest absolute Gasteiger partial charge is 0.378 e. The Balaban J connectivity index is 1.92. The van der Waals surface area contributed by atoms with Gasteiger partial charge in [0.05, 0.1) is 5.92 Å². The van der Waals surface area contributed by atoms with E-state index in [-0.39, 0.29) is 17.7 Å². The molecule has 1 atom stereocenters. The van der Waals surface area contributed by atoms with Crippen LogP contribution in [0.4, 0.5) is 11.4 Å². The van der Waals surface area contributed by atoms with Crippen LogP contribution in [0.15, 0.2) is 24.3 Å². The molecule has 5 nitrogen and oxygen atoms in total. The number of anilines is 2. The number of amides is 2. The summed E-state index contributed by atoms with van der Waals surface area (Å²) >= 11 is 0. The number of hydrogen-bond donors (Lipinski definition) is 1. The summed E-state index contributed by atoms with van der Waals surface area (Å²) in [6.07, 6.45) is 3.55. The molecule has 0 aromatic heterocycles. The van der Waals surface area contributed by atoms with E-state index in [1.807, 2.05) is 43.3 Å². The van der Waals surface area contributed by atoms with Crippen molar-refractivity contribution < 1.29 is 9.59 Å². The van der Waals surface area contributed by atoms with Gasteiger partial charge in [-0.15, -0.1) is 0 Å². The van der Waals surface area contributed by atoms with Crippen LogP contribution in [0.1, 0.15) is 32.6 Å². The van der Waals surface area contributed by atoms with Crippen LogP contribution in [0.2, 0.25) is 0 Å². The van der Waals surface area contributed by atoms with Gasteiger partial charge in [0.1, 0.15) is 0 Å². The molecule has 0 saturated carbocycles. The molecular weight excluding hydrogens is 290 g/mol. The minimum atomic E-state index is -0.238. The average Bonchev–Trinajstić information content (AvgIpc) is 2.93. The Labute approximate surface area is 138 Å². The first-order valence-electron chi connectivity index (χ1n) is 8.38. The molecule has 1 aliphatic heterocycles. The van der Waals surface area contributed by atoms with Crippen molar-refractivity contribution in [1.29, 1.82) is 0 Å². The third-order valence-electron chi connectivity index (χ3n) is 4.25. The fourth-order valence-electron chi connectivity index (χ4n) is 2.79. The van der Waals surface area contributed by atoms with Gasteiger partial charge in [0, 0.05) is 45.0 Å². The lowest BCUT2D eigenvalue weighted by molar-refractivity contribution is -0.126. The van der Waals surface area contributed by atoms with E-state index in [2.05, 4.69) is 12.2 Å². The smallest absolute Gasteiger partial charge is 0.227 e. The maximum atomic E-state index is 12.2. The highest BCUT2D eigenvalue weighted by Crippen LogP contribution is 2.26. The Morgan fingerprint density at radius 2 is 1.96 bits per heavy atom. The molecule has 0 radical (unpaired) electrons. The van der Waals surface area contributed by atoms with Gasteiger partial charge < -0.3 is 15.1 Å². The molecule has 5 heteroatoms. The van der Waals surface area contributed by atoms with E-state index in [0.29, 0.717) is 19.5 Å². The fourth-order valence-corrected chi connectivity index (χ4v) is 2.79. The zero-order valence-corrected chi connectivity index (χ0v) is 14.3. The van der Waals surface area contributed by atoms with Gasteiger partial charge in [-0.1, -0.05) is 19.8 Å². The van der Waals surface area contributed by atoms with Gasteiger partial charge in [0.25, 0.3) is 0 Å². The van der Waals surface area contributed by atoms with Crippen LogP contribution < -0.4 is 15.1 Å². The number of hydrogen-bond acceptors (Lipinski definition) is 3. The third-order valence-corrected chi connectivity index (χ3v) is 4.25. The Morgan fingerprint density at radius 1 is 1.26 bits per heavy atom. The minimum absolute atomic E-state index is 0.00173. The number of carbonyl (C=O) groups is 2. The summed E-state index contributed by atoms with van der Waals surface area (Å²) in [6.45, 7) is 3.31. The fraction of sp³-hybridized carbons (Fsp3) is 0.556. The minimum Gasteiger partial charge on any atom is -0.378 e.